The third kappa shape index (κ3) is 7.16. The molecule has 0 saturated carbocycles. The summed E-state index contributed by atoms with van der Waals surface area (Å²) in [5, 5.41) is 14.2. The Hall–Kier alpha value is -1.88. The number of ether oxygens (including phenoxy) is 2. The van der Waals surface area contributed by atoms with E-state index in [9.17, 15) is 14.4 Å². The van der Waals surface area contributed by atoms with Crippen LogP contribution in [0.2, 0.25) is 0 Å². The Balaban J connectivity index is 2.73. The molecule has 0 saturated heterocycles. The van der Waals surface area contributed by atoms with Crippen LogP contribution in [0.4, 0.5) is 4.79 Å². The van der Waals surface area contributed by atoms with Crippen LogP contribution in [-0.4, -0.2) is 48.4 Å². The van der Waals surface area contributed by atoms with E-state index in [4.69, 9.17) is 9.84 Å². The Bertz CT molecular complexity index is 672. The Morgan fingerprint density at radius 2 is 1.92 bits per heavy atom. The number of aliphatic hydroxyl groups is 1. The van der Waals surface area contributed by atoms with Crippen LogP contribution in [0.15, 0.2) is 18.2 Å². The van der Waals surface area contributed by atoms with Crippen LogP contribution in [0.3, 0.4) is 0 Å². The second-order valence-electron chi connectivity index (χ2n) is 6.39. The molecule has 1 aromatic carbocycles. The molecule has 0 aliphatic heterocycles. The molecule has 0 radical (unpaired) electrons. The second kappa shape index (κ2) is 9.72. The minimum atomic E-state index is -1.13. The first-order valence-electron chi connectivity index (χ1n) is 7.82. The van der Waals surface area contributed by atoms with Gasteiger partial charge in [-0.1, -0.05) is 6.07 Å². The number of nitrogens with one attached hydrogen (secondary N) is 2. The first kappa shape index (κ1) is 22.2. The maximum absolute atomic E-state index is 12.2. The van der Waals surface area contributed by atoms with Gasteiger partial charge in [-0.2, -0.15) is 0 Å². The van der Waals surface area contributed by atoms with Gasteiger partial charge in [0.1, 0.15) is 5.60 Å². The van der Waals surface area contributed by atoms with Gasteiger partial charge < -0.3 is 25.2 Å². The van der Waals surface area contributed by atoms with Crippen LogP contribution >= 0.6 is 22.6 Å². The summed E-state index contributed by atoms with van der Waals surface area (Å²) in [6.45, 7) is 5.01. The molecule has 1 atom stereocenters. The number of methoxy groups -OCH3 is 1. The van der Waals surface area contributed by atoms with Gasteiger partial charge in [0.25, 0.3) is 5.91 Å². The fourth-order valence-electron chi connectivity index (χ4n) is 1.88. The van der Waals surface area contributed by atoms with Gasteiger partial charge in [0.15, 0.2) is 6.04 Å². The molecule has 1 aromatic rings. The van der Waals surface area contributed by atoms with Gasteiger partial charge in [0.05, 0.1) is 13.7 Å². The molecule has 0 bridgehead atoms. The van der Waals surface area contributed by atoms with Crippen molar-refractivity contribution in [3.05, 3.63) is 32.9 Å². The fraction of sp³-hybridized carbons (Fsp3) is 0.471. The molecule has 0 spiro atoms. The SMILES string of the molecule is COC(=O)C(CO)NC(=O)c1ccc(CNC(=O)OC(C)(C)C)c(I)c1. The Morgan fingerprint density at radius 3 is 2.42 bits per heavy atom. The zero-order chi connectivity index (χ0) is 19.9. The number of carbonyl (C=O) groups is 3. The highest BCUT2D eigenvalue weighted by Crippen LogP contribution is 2.15. The number of carbonyl (C=O) groups excluding carboxylic acids is 3. The highest BCUT2D eigenvalue weighted by Gasteiger charge is 2.21. The molecule has 0 heterocycles. The molecule has 1 rings (SSSR count). The first-order chi connectivity index (χ1) is 12.1. The van der Waals surface area contributed by atoms with Gasteiger partial charge in [0.2, 0.25) is 0 Å². The van der Waals surface area contributed by atoms with E-state index in [1.54, 1.807) is 39.0 Å². The number of benzene rings is 1. The van der Waals surface area contributed by atoms with Crippen molar-refractivity contribution in [1.29, 1.82) is 0 Å². The average molecular weight is 478 g/mol. The predicted octanol–water partition coefficient (Wildman–Crippen LogP) is 1.58. The van der Waals surface area contributed by atoms with Crippen molar-refractivity contribution < 1.29 is 29.0 Å². The Labute approximate surface area is 165 Å². The number of rotatable bonds is 6. The summed E-state index contributed by atoms with van der Waals surface area (Å²) in [5.41, 5.74) is 0.541. The minimum absolute atomic E-state index is 0.247. The van der Waals surface area contributed by atoms with Crippen LogP contribution in [0.1, 0.15) is 36.7 Å². The summed E-state index contributed by atoms with van der Waals surface area (Å²) in [5.74, 6) is -1.24. The number of halogens is 1. The molecular weight excluding hydrogens is 455 g/mol. The lowest BCUT2D eigenvalue weighted by atomic mass is 10.1. The van der Waals surface area contributed by atoms with Crippen molar-refractivity contribution in [3.8, 4) is 0 Å². The van der Waals surface area contributed by atoms with E-state index >= 15 is 0 Å². The summed E-state index contributed by atoms with van der Waals surface area (Å²) in [6.07, 6.45) is -0.529. The van der Waals surface area contributed by atoms with Gasteiger partial charge in [-0.3, -0.25) is 4.79 Å². The molecule has 3 N–H and O–H groups in total. The van der Waals surface area contributed by atoms with Crippen LogP contribution in [-0.2, 0) is 20.8 Å². The summed E-state index contributed by atoms with van der Waals surface area (Å²) in [6, 6.07) is 3.75. The van der Waals surface area contributed by atoms with E-state index in [1.807, 2.05) is 22.6 Å². The number of hydrogen-bond acceptors (Lipinski definition) is 6. The second-order valence-corrected chi connectivity index (χ2v) is 7.56. The van der Waals surface area contributed by atoms with Crippen LogP contribution in [0.25, 0.3) is 0 Å². The van der Waals surface area contributed by atoms with Gasteiger partial charge in [-0.15, -0.1) is 0 Å². The van der Waals surface area contributed by atoms with E-state index in [0.29, 0.717) is 5.56 Å². The Morgan fingerprint density at radius 1 is 1.27 bits per heavy atom. The van der Waals surface area contributed by atoms with E-state index < -0.39 is 36.2 Å². The summed E-state index contributed by atoms with van der Waals surface area (Å²) >= 11 is 2.04. The maximum Gasteiger partial charge on any atom is 0.407 e. The van der Waals surface area contributed by atoms with E-state index in [-0.39, 0.29) is 6.54 Å². The first-order valence-corrected chi connectivity index (χ1v) is 8.90. The summed E-state index contributed by atoms with van der Waals surface area (Å²) in [7, 11) is 1.17. The van der Waals surface area contributed by atoms with E-state index in [0.717, 1.165) is 9.13 Å². The molecular formula is C17H23IN2O6. The van der Waals surface area contributed by atoms with Gasteiger partial charge >= 0.3 is 12.1 Å². The van der Waals surface area contributed by atoms with Crippen molar-refractivity contribution in [2.45, 2.75) is 39.0 Å². The Kier molecular flexibility index (Phi) is 8.28. The van der Waals surface area contributed by atoms with Gasteiger partial charge in [-0.05, 0) is 61.1 Å². The van der Waals surface area contributed by atoms with Crippen LogP contribution in [0, 0.1) is 3.57 Å². The smallest absolute Gasteiger partial charge is 0.407 e. The molecule has 144 valence electrons. The van der Waals surface area contributed by atoms with Gasteiger partial charge in [0, 0.05) is 15.7 Å². The lowest BCUT2D eigenvalue weighted by Gasteiger charge is -2.20. The normalized spacial score (nSPS) is 12.1. The maximum atomic E-state index is 12.2. The number of esters is 1. The average Bonchev–Trinajstić information content (AvgIpc) is 2.56. The van der Waals surface area contributed by atoms with Crippen molar-refractivity contribution in [3.63, 3.8) is 0 Å². The number of aliphatic hydroxyl groups excluding tert-OH is 1. The summed E-state index contributed by atoms with van der Waals surface area (Å²) in [4.78, 5) is 35.3. The molecule has 9 heteroatoms. The molecule has 2 amide bonds. The molecule has 0 fully saturated rings. The predicted molar refractivity (Wildman–Crippen MR) is 103 cm³/mol. The zero-order valence-corrected chi connectivity index (χ0v) is 17.2. The third-order valence-corrected chi connectivity index (χ3v) is 4.12. The number of alkyl carbamates (subject to hydrolysis) is 1. The van der Waals surface area contributed by atoms with Crippen LogP contribution < -0.4 is 10.6 Å². The number of amides is 2. The summed E-state index contributed by atoms with van der Waals surface area (Å²) < 4.78 is 10.4. The number of hydrogen-bond donors (Lipinski definition) is 3. The fourth-order valence-corrected chi connectivity index (χ4v) is 2.58. The van der Waals surface area contributed by atoms with Crippen molar-refractivity contribution in [2.75, 3.05) is 13.7 Å². The lowest BCUT2D eigenvalue weighted by Crippen LogP contribution is -2.44. The molecule has 8 nitrogen and oxygen atoms in total. The standard InChI is InChI=1S/C17H23IN2O6/c1-17(2,3)26-16(24)19-8-11-6-5-10(7-12(11)18)14(22)20-13(9-21)15(23)25-4/h5-7,13,21H,8-9H2,1-4H3,(H,19,24)(H,20,22). The third-order valence-electron chi connectivity index (χ3n) is 3.11. The molecule has 26 heavy (non-hydrogen) atoms. The van der Waals surface area contributed by atoms with Crippen molar-refractivity contribution >= 4 is 40.6 Å². The van der Waals surface area contributed by atoms with Gasteiger partial charge in [-0.25, -0.2) is 9.59 Å². The monoisotopic (exact) mass is 478 g/mol. The quantitative estimate of drug-likeness (QED) is 0.423. The van der Waals surface area contributed by atoms with Crippen molar-refractivity contribution in [1.82, 2.24) is 10.6 Å². The highest BCUT2D eigenvalue weighted by atomic mass is 127. The highest BCUT2D eigenvalue weighted by molar-refractivity contribution is 14.1. The minimum Gasteiger partial charge on any atom is -0.467 e. The largest absolute Gasteiger partial charge is 0.467 e. The van der Waals surface area contributed by atoms with Crippen LogP contribution in [0.5, 0.6) is 0 Å². The zero-order valence-electron chi connectivity index (χ0n) is 15.1. The lowest BCUT2D eigenvalue weighted by molar-refractivity contribution is -0.143. The van der Waals surface area contributed by atoms with Crippen molar-refractivity contribution in [2.24, 2.45) is 0 Å². The molecule has 0 aliphatic rings. The molecule has 0 aromatic heterocycles. The molecule has 1 unspecified atom stereocenters. The molecule has 0 aliphatic carbocycles. The topological polar surface area (TPSA) is 114 Å². The van der Waals surface area contributed by atoms with E-state index in [2.05, 4.69) is 15.4 Å². The van der Waals surface area contributed by atoms with E-state index in [1.165, 1.54) is 7.11 Å².